The van der Waals surface area contributed by atoms with Gasteiger partial charge in [0.25, 0.3) is 10.0 Å². The van der Waals surface area contributed by atoms with Crippen molar-refractivity contribution in [2.24, 2.45) is 7.05 Å². The summed E-state index contributed by atoms with van der Waals surface area (Å²) >= 11 is 5.94. The van der Waals surface area contributed by atoms with Gasteiger partial charge in [-0.05, 0) is 24.3 Å². The second kappa shape index (κ2) is 6.64. The molecule has 0 fully saturated rings. The van der Waals surface area contributed by atoms with Crippen LogP contribution in [0.4, 0.5) is 5.69 Å². The van der Waals surface area contributed by atoms with E-state index in [9.17, 15) is 8.42 Å². The smallest absolute Gasteiger partial charge is 0.263 e. The highest BCUT2D eigenvalue weighted by Gasteiger charge is 2.17. The van der Waals surface area contributed by atoms with Crippen molar-refractivity contribution in [1.29, 1.82) is 0 Å². The molecule has 1 aromatic carbocycles. The van der Waals surface area contributed by atoms with E-state index in [1.165, 1.54) is 18.5 Å². The van der Waals surface area contributed by atoms with E-state index >= 15 is 0 Å². The number of fused-ring (bicyclic) bond motifs is 1. The third-order valence-corrected chi connectivity index (χ3v) is 5.61. The van der Waals surface area contributed by atoms with E-state index in [1.54, 1.807) is 48.4 Å². The third-order valence-electron chi connectivity index (χ3n) is 4.05. The van der Waals surface area contributed by atoms with E-state index in [2.05, 4.69) is 19.8 Å². The fourth-order valence-corrected chi connectivity index (χ4v) is 3.97. The maximum atomic E-state index is 12.8. The Morgan fingerprint density at radius 3 is 2.67 bits per heavy atom. The SMILES string of the molecule is Cn1ncc2cccc(NS(=O)(=O)c3ccc(-c4cncc(Cl)c4)nc3)c21. The van der Waals surface area contributed by atoms with E-state index in [0.29, 0.717) is 27.5 Å². The number of anilines is 1. The maximum Gasteiger partial charge on any atom is 0.263 e. The van der Waals surface area contributed by atoms with Crippen molar-refractivity contribution in [2.45, 2.75) is 4.90 Å². The summed E-state index contributed by atoms with van der Waals surface area (Å²) < 4.78 is 29.8. The van der Waals surface area contributed by atoms with Crippen LogP contribution in [-0.2, 0) is 17.1 Å². The van der Waals surface area contributed by atoms with Crippen molar-refractivity contribution in [1.82, 2.24) is 19.7 Å². The molecular weight excluding hydrogens is 386 g/mol. The highest BCUT2D eigenvalue weighted by Crippen LogP contribution is 2.26. The van der Waals surface area contributed by atoms with Crippen LogP contribution in [0.3, 0.4) is 0 Å². The first-order chi connectivity index (χ1) is 12.9. The van der Waals surface area contributed by atoms with Crippen molar-refractivity contribution < 1.29 is 8.42 Å². The first kappa shape index (κ1) is 17.4. The monoisotopic (exact) mass is 399 g/mol. The second-order valence-corrected chi connectivity index (χ2v) is 8.01. The number of hydrogen-bond donors (Lipinski definition) is 1. The lowest BCUT2D eigenvalue weighted by atomic mass is 10.2. The molecule has 0 aliphatic carbocycles. The first-order valence-electron chi connectivity index (χ1n) is 7.94. The molecule has 0 aliphatic heterocycles. The van der Waals surface area contributed by atoms with Gasteiger partial charge in [-0.3, -0.25) is 19.4 Å². The van der Waals surface area contributed by atoms with Gasteiger partial charge >= 0.3 is 0 Å². The topological polar surface area (TPSA) is 89.8 Å². The summed E-state index contributed by atoms with van der Waals surface area (Å²) in [4.78, 5) is 8.30. The van der Waals surface area contributed by atoms with Gasteiger partial charge in [-0.2, -0.15) is 5.10 Å². The number of aryl methyl sites for hydroxylation is 1. The lowest BCUT2D eigenvalue weighted by Gasteiger charge is -2.10. The van der Waals surface area contributed by atoms with Gasteiger partial charge in [0, 0.05) is 36.6 Å². The van der Waals surface area contributed by atoms with E-state index in [0.717, 1.165) is 5.39 Å². The molecule has 0 saturated heterocycles. The van der Waals surface area contributed by atoms with Gasteiger partial charge < -0.3 is 0 Å². The van der Waals surface area contributed by atoms with Gasteiger partial charge in [0.2, 0.25) is 0 Å². The molecule has 4 rings (SSSR count). The fraction of sp³-hybridized carbons (Fsp3) is 0.0556. The fourth-order valence-electron chi connectivity index (χ4n) is 2.78. The average Bonchev–Trinajstić information content (AvgIpc) is 3.04. The molecule has 0 bridgehead atoms. The van der Waals surface area contributed by atoms with Gasteiger partial charge in [-0.1, -0.05) is 23.7 Å². The lowest BCUT2D eigenvalue weighted by Crippen LogP contribution is -2.14. The Kier molecular flexibility index (Phi) is 4.29. The standard InChI is InChI=1S/C18H14ClN5O2S/c1-24-18-12(9-22-24)3-2-4-17(18)23-27(25,26)15-5-6-16(21-11-15)13-7-14(19)10-20-8-13/h2-11,23H,1H3. The predicted molar refractivity (Wildman–Crippen MR) is 104 cm³/mol. The molecule has 0 unspecified atom stereocenters. The van der Waals surface area contributed by atoms with Crippen LogP contribution in [0.25, 0.3) is 22.2 Å². The van der Waals surface area contributed by atoms with E-state index < -0.39 is 10.0 Å². The number of benzene rings is 1. The summed E-state index contributed by atoms with van der Waals surface area (Å²) in [6.45, 7) is 0. The summed E-state index contributed by atoms with van der Waals surface area (Å²) in [6.07, 6.45) is 6.13. The molecule has 0 amide bonds. The van der Waals surface area contributed by atoms with Crippen LogP contribution in [0.15, 0.2) is 66.1 Å². The second-order valence-electron chi connectivity index (χ2n) is 5.89. The largest absolute Gasteiger partial charge is 0.277 e. The number of pyridine rings is 2. The van der Waals surface area contributed by atoms with Crippen molar-refractivity contribution in [3.63, 3.8) is 0 Å². The summed E-state index contributed by atoms with van der Waals surface area (Å²) in [6, 6.07) is 10.2. The summed E-state index contributed by atoms with van der Waals surface area (Å²) in [5.74, 6) is 0. The van der Waals surface area contributed by atoms with Crippen molar-refractivity contribution in [2.75, 3.05) is 4.72 Å². The first-order valence-corrected chi connectivity index (χ1v) is 9.81. The van der Waals surface area contributed by atoms with Gasteiger partial charge in [0.15, 0.2) is 0 Å². The number of aromatic nitrogens is 4. The third kappa shape index (κ3) is 3.36. The van der Waals surface area contributed by atoms with Crippen molar-refractivity contribution >= 4 is 38.2 Å². The number of sulfonamides is 1. The minimum atomic E-state index is -3.80. The number of para-hydroxylation sites is 1. The Morgan fingerprint density at radius 1 is 1.07 bits per heavy atom. The number of rotatable bonds is 4. The van der Waals surface area contributed by atoms with E-state index in [-0.39, 0.29) is 4.90 Å². The molecule has 0 spiro atoms. The van der Waals surface area contributed by atoms with Crippen molar-refractivity contribution in [3.05, 3.63) is 66.2 Å². The van der Waals surface area contributed by atoms with Crippen LogP contribution >= 0.6 is 11.6 Å². The van der Waals surface area contributed by atoms with E-state index in [4.69, 9.17) is 11.6 Å². The molecule has 0 aliphatic rings. The lowest BCUT2D eigenvalue weighted by molar-refractivity contribution is 0.601. The van der Waals surface area contributed by atoms with Crippen molar-refractivity contribution in [3.8, 4) is 11.3 Å². The Bertz CT molecular complexity index is 1240. The van der Waals surface area contributed by atoms with Gasteiger partial charge in [0.05, 0.1) is 28.1 Å². The quantitative estimate of drug-likeness (QED) is 0.567. The van der Waals surface area contributed by atoms with Gasteiger partial charge in [0.1, 0.15) is 4.90 Å². The van der Waals surface area contributed by atoms with Crippen LogP contribution in [0.2, 0.25) is 5.02 Å². The van der Waals surface area contributed by atoms with Crippen LogP contribution in [-0.4, -0.2) is 28.2 Å². The molecule has 1 N–H and O–H groups in total. The summed E-state index contributed by atoms with van der Waals surface area (Å²) in [5.41, 5.74) is 2.45. The predicted octanol–water partition coefficient (Wildman–Crippen LogP) is 3.48. The molecule has 0 radical (unpaired) electrons. The Morgan fingerprint density at radius 2 is 1.93 bits per heavy atom. The Hall–Kier alpha value is -2.97. The Labute approximate surface area is 160 Å². The van der Waals surface area contributed by atoms with Gasteiger partial charge in [-0.15, -0.1) is 0 Å². The zero-order valence-electron chi connectivity index (χ0n) is 14.2. The molecule has 27 heavy (non-hydrogen) atoms. The van der Waals surface area contributed by atoms with Crippen LogP contribution < -0.4 is 4.72 Å². The highest BCUT2D eigenvalue weighted by molar-refractivity contribution is 7.92. The zero-order chi connectivity index (χ0) is 19.0. The molecule has 0 saturated carbocycles. The molecule has 136 valence electrons. The average molecular weight is 400 g/mol. The summed E-state index contributed by atoms with van der Waals surface area (Å²) in [7, 11) is -2.04. The Balaban J connectivity index is 1.67. The molecule has 4 aromatic rings. The number of nitrogens with zero attached hydrogens (tertiary/aromatic N) is 4. The van der Waals surface area contributed by atoms with Crippen LogP contribution in [0, 0.1) is 0 Å². The highest BCUT2D eigenvalue weighted by atomic mass is 35.5. The molecule has 3 heterocycles. The number of hydrogen-bond acceptors (Lipinski definition) is 5. The summed E-state index contributed by atoms with van der Waals surface area (Å²) in [5, 5.41) is 5.49. The minimum absolute atomic E-state index is 0.0559. The molecule has 0 atom stereocenters. The zero-order valence-corrected chi connectivity index (χ0v) is 15.7. The van der Waals surface area contributed by atoms with Gasteiger partial charge in [-0.25, -0.2) is 8.42 Å². The number of halogens is 1. The van der Waals surface area contributed by atoms with E-state index in [1.807, 2.05) is 6.07 Å². The van der Waals surface area contributed by atoms with Crippen LogP contribution in [0.5, 0.6) is 0 Å². The molecule has 7 nitrogen and oxygen atoms in total. The molecular formula is C18H14ClN5O2S. The number of nitrogens with one attached hydrogen (secondary N) is 1. The maximum absolute atomic E-state index is 12.8. The molecule has 3 aromatic heterocycles. The minimum Gasteiger partial charge on any atom is -0.277 e. The normalized spacial score (nSPS) is 11.6. The molecule has 9 heteroatoms. The van der Waals surface area contributed by atoms with Crippen LogP contribution in [0.1, 0.15) is 0 Å².